The molecule has 0 radical (unpaired) electrons. The van der Waals surface area contributed by atoms with E-state index in [9.17, 15) is 9.59 Å². The molecule has 1 amide bonds. The topological polar surface area (TPSA) is 75.2 Å². The van der Waals surface area contributed by atoms with E-state index in [1.54, 1.807) is 0 Å². The monoisotopic (exact) mass is 544 g/mol. The summed E-state index contributed by atoms with van der Waals surface area (Å²) in [6.45, 7) is 3.80. The van der Waals surface area contributed by atoms with Gasteiger partial charge in [0, 0.05) is 39.9 Å². The lowest BCUT2D eigenvalue weighted by molar-refractivity contribution is 0.0801. The quantitative estimate of drug-likeness (QED) is 0.255. The van der Waals surface area contributed by atoms with Gasteiger partial charge in [0.2, 0.25) is 0 Å². The van der Waals surface area contributed by atoms with Crippen LogP contribution in [0, 0.1) is 5.92 Å². The number of ketones is 1. The first-order valence-electron chi connectivity index (χ1n) is 14.8. The molecular weight excluding hydrogens is 508 g/mol. The molecule has 1 aliphatic heterocycles. The number of hydrogen-bond donors (Lipinski definition) is 1. The first kappa shape index (κ1) is 27.0. The van der Waals surface area contributed by atoms with Gasteiger partial charge in [-0.05, 0) is 70.2 Å². The number of nitrogens with one attached hydrogen (secondary N) is 1. The van der Waals surface area contributed by atoms with Gasteiger partial charge < -0.3 is 5.32 Å². The molecule has 6 rings (SSSR count). The summed E-state index contributed by atoms with van der Waals surface area (Å²) in [5, 5.41) is 3.18. The molecule has 1 unspecified atom stereocenters. The van der Waals surface area contributed by atoms with Crippen LogP contribution in [0.25, 0.3) is 11.4 Å². The zero-order chi connectivity index (χ0) is 28.2. The smallest absolute Gasteiger partial charge is 0.257 e. The third-order valence-corrected chi connectivity index (χ3v) is 8.61. The molecule has 0 spiro atoms. The normalized spacial score (nSPS) is 16.5. The van der Waals surface area contributed by atoms with Crippen molar-refractivity contribution in [1.82, 2.24) is 14.9 Å². The molecular formula is C35H36N4O2. The number of likely N-dealkylation sites (tertiary alicyclic amines) is 1. The summed E-state index contributed by atoms with van der Waals surface area (Å²) in [4.78, 5) is 38.9. The third kappa shape index (κ3) is 5.84. The zero-order valence-electron chi connectivity index (χ0n) is 23.6. The molecule has 1 aromatic heterocycles. The number of aromatic nitrogens is 2. The Labute approximate surface area is 241 Å². The molecule has 1 aliphatic carbocycles. The van der Waals surface area contributed by atoms with Gasteiger partial charge in [-0.2, -0.15) is 0 Å². The lowest BCUT2D eigenvalue weighted by atomic mass is 9.87. The van der Waals surface area contributed by atoms with Crippen LogP contribution in [0.5, 0.6) is 0 Å². The van der Waals surface area contributed by atoms with Crippen LogP contribution in [-0.2, 0) is 12.8 Å². The minimum atomic E-state index is -0.146. The van der Waals surface area contributed by atoms with Crippen LogP contribution in [0.4, 0.5) is 5.82 Å². The maximum Gasteiger partial charge on any atom is 0.257 e. The Bertz CT molecular complexity index is 1530. The Balaban J connectivity index is 1.20. The number of hydrogen-bond acceptors (Lipinski definition) is 5. The fourth-order valence-electron chi connectivity index (χ4n) is 6.24. The first-order chi connectivity index (χ1) is 20.1. The van der Waals surface area contributed by atoms with E-state index in [0.717, 1.165) is 79.6 Å². The third-order valence-electron chi connectivity index (χ3n) is 8.61. The number of Topliss-reactive ketones (excluding diaryl/α,β-unsaturated/α-hetero) is 1. The minimum Gasteiger partial charge on any atom is -0.306 e. The average molecular weight is 545 g/mol. The number of piperidine rings is 1. The number of carbonyl (C=O) groups is 2. The summed E-state index contributed by atoms with van der Waals surface area (Å²) in [5.74, 6) is 1.41. The van der Waals surface area contributed by atoms with Gasteiger partial charge in [0.05, 0.1) is 0 Å². The molecule has 6 heteroatoms. The van der Waals surface area contributed by atoms with Crippen LogP contribution < -0.4 is 5.32 Å². The van der Waals surface area contributed by atoms with E-state index < -0.39 is 0 Å². The SMILES string of the molecule is CC(c1ccccc1C(=O)Nc1nc(-c2ccccc2)nc2c1CCCC2)N1CCC(C(=O)c2ccccc2)CC1. The second-order valence-corrected chi connectivity index (χ2v) is 11.2. The van der Waals surface area contributed by atoms with Crippen LogP contribution in [0.15, 0.2) is 84.9 Å². The van der Waals surface area contributed by atoms with Crippen LogP contribution in [0.1, 0.15) is 76.2 Å². The molecule has 1 fully saturated rings. The zero-order valence-corrected chi connectivity index (χ0v) is 23.6. The van der Waals surface area contributed by atoms with Gasteiger partial charge in [0.15, 0.2) is 11.6 Å². The average Bonchev–Trinajstić information content (AvgIpc) is 3.05. The highest BCUT2D eigenvalue weighted by atomic mass is 16.1. The van der Waals surface area contributed by atoms with Crippen LogP contribution in [0.3, 0.4) is 0 Å². The van der Waals surface area contributed by atoms with Crippen molar-refractivity contribution in [2.24, 2.45) is 5.92 Å². The van der Waals surface area contributed by atoms with Gasteiger partial charge in [0.25, 0.3) is 5.91 Å². The van der Waals surface area contributed by atoms with Crippen molar-refractivity contribution >= 4 is 17.5 Å². The maximum atomic E-state index is 13.8. The second kappa shape index (κ2) is 12.1. The predicted octanol–water partition coefficient (Wildman–Crippen LogP) is 6.93. The summed E-state index contributed by atoms with van der Waals surface area (Å²) in [5.41, 5.74) is 5.48. The number of aryl methyl sites for hydroxylation is 1. The molecule has 1 atom stereocenters. The Morgan fingerprint density at radius 1 is 0.829 bits per heavy atom. The number of rotatable bonds is 7. The Hall–Kier alpha value is -4.16. The maximum absolute atomic E-state index is 13.8. The van der Waals surface area contributed by atoms with E-state index >= 15 is 0 Å². The Kier molecular flexibility index (Phi) is 8.01. The van der Waals surface area contributed by atoms with Crippen molar-refractivity contribution < 1.29 is 9.59 Å². The van der Waals surface area contributed by atoms with E-state index in [-0.39, 0.29) is 23.7 Å². The molecule has 3 aromatic carbocycles. The molecule has 0 saturated carbocycles. The van der Waals surface area contributed by atoms with E-state index in [0.29, 0.717) is 17.2 Å². The van der Waals surface area contributed by atoms with Gasteiger partial charge in [-0.3, -0.25) is 14.5 Å². The van der Waals surface area contributed by atoms with E-state index in [4.69, 9.17) is 9.97 Å². The van der Waals surface area contributed by atoms with E-state index in [1.165, 1.54) is 0 Å². The largest absolute Gasteiger partial charge is 0.306 e. The Morgan fingerprint density at radius 2 is 1.49 bits per heavy atom. The van der Waals surface area contributed by atoms with Crippen LogP contribution >= 0.6 is 0 Å². The molecule has 208 valence electrons. The molecule has 4 aromatic rings. The first-order valence-corrected chi connectivity index (χ1v) is 14.8. The standard InChI is InChI=1S/C35H36N4O2/c1-24(39-22-20-26(21-23-39)32(40)25-12-4-2-5-13-25)28-16-8-9-17-29(28)35(41)38-34-30-18-10-11-19-31(30)36-33(37-34)27-14-6-3-7-15-27/h2-9,12-17,24,26H,10-11,18-23H2,1H3,(H,36,37,38,41). The summed E-state index contributed by atoms with van der Waals surface area (Å²) in [6, 6.07) is 27.5. The van der Waals surface area contributed by atoms with Gasteiger partial charge in [0.1, 0.15) is 5.82 Å². The number of benzene rings is 3. The number of fused-ring (bicyclic) bond motifs is 1. The van der Waals surface area contributed by atoms with Gasteiger partial charge in [-0.1, -0.05) is 78.9 Å². The summed E-state index contributed by atoms with van der Waals surface area (Å²) in [6.07, 6.45) is 5.58. The number of anilines is 1. The number of nitrogens with zero attached hydrogens (tertiary/aromatic N) is 3. The van der Waals surface area contributed by atoms with Crippen LogP contribution in [0.2, 0.25) is 0 Å². The van der Waals surface area contributed by atoms with Crippen molar-refractivity contribution in [3.63, 3.8) is 0 Å². The molecule has 41 heavy (non-hydrogen) atoms. The summed E-state index contributed by atoms with van der Waals surface area (Å²) >= 11 is 0. The highest BCUT2D eigenvalue weighted by molar-refractivity contribution is 6.05. The fourth-order valence-corrected chi connectivity index (χ4v) is 6.24. The Morgan fingerprint density at radius 3 is 2.24 bits per heavy atom. The van der Waals surface area contributed by atoms with E-state index in [1.807, 2.05) is 84.9 Å². The summed E-state index contributed by atoms with van der Waals surface area (Å²) in [7, 11) is 0. The second-order valence-electron chi connectivity index (χ2n) is 11.2. The van der Waals surface area contributed by atoms with Crippen LogP contribution in [-0.4, -0.2) is 39.6 Å². The molecule has 6 nitrogen and oxygen atoms in total. The fraction of sp³-hybridized carbons (Fsp3) is 0.314. The van der Waals surface area contributed by atoms with Crippen molar-refractivity contribution in [1.29, 1.82) is 0 Å². The number of amides is 1. The lowest BCUT2D eigenvalue weighted by Gasteiger charge is -2.36. The molecule has 2 heterocycles. The van der Waals surface area contributed by atoms with Crippen molar-refractivity contribution in [3.05, 3.63) is 113 Å². The molecule has 1 saturated heterocycles. The van der Waals surface area contributed by atoms with Gasteiger partial charge >= 0.3 is 0 Å². The highest BCUT2D eigenvalue weighted by Crippen LogP contribution is 2.32. The molecule has 2 aliphatic rings. The van der Waals surface area contributed by atoms with Crippen molar-refractivity contribution in [2.75, 3.05) is 18.4 Å². The van der Waals surface area contributed by atoms with Gasteiger partial charge in [-0.15, -0.1) is 0 Å². The van der Waals surface area contributed by atoms with Crippen molar-refractivity contribution in [3.8, 4) is 11.4 Å². The van der Waals surface area contributed by atoms with E-state index in [2.05, 4.69) is 17.1 Å². The summed E-state index contributed by atoms with van der Waals surface area (Å²) < 4.78 is 0. The molecule has 1 N–H and O–H groups in total. The lowest BCUT2D eigenvalue weighted by Crippen LogP contribution is -2.38. The number of carbonyl (C=O) groups excluding carboxylic acids is 2. The molecule has 0 bridgehead atoms. The highest BCUT2D eigenvalue weighted by Gasteiger charge is 2.30. The minimum absolute atomic E-state index is 0.0437. The predicted molar refractivity (Wildman–Crippen MR) is 162 cm³/mol. The van der Waals surface area contributed by atoms with Crippen molar-refractivity contribution in [2.45, 2.75) is 51.5 Å². The van der Waals surface area contributed by atoms with Gasteiger partial charge in [-0.25, -0.2) is 9.97 Å².